The van der Waals surface area contributed by atoms with Crippen molar-refractivity contribution < 1.29 is 4.79 Å². The molecule has 1 atom stereocenters. The zero-order chi connectivity index (χ0) is 22.0. The molecule has 2 heterocycles. The molecule has 0 aliphatic heterocycles. The number of carbonyl (C=O) groups excluding carboxylic acids is 1. The minimum atomic E-state index is -0.328. The van der Waals surface area contributed by atoms with E-state index in [-0.39, 0.29) is 16.7 Å². The van der Waals surface area contributed by atoms with Crippen molar-refractivity contribution in [1.29, 1.82) is 0 Å². The second-order valence-electron chi connectivity index (χ2n) is 7.21. The summed E-state index contributed by atoms with van der Waals surface area (Å²) in [5, 5.41) is 0.421. The van der Waals surface area contributed by atoms with Crippen LogP contribution < -0.4 is 5.69 Å². The molecule has 31 heavy (non-hydrogen) atoms. The quantitative estimate of drug-likeness (QED) is 0.241. The zero-order valence-electron chi connectivity index (χ0n) is 17.8. The Morgan fingerprint density at radius 3 is 2.39 bits per heavy atom. The normalized spacial score (nSPS) is 12.2. The SMILES string of the molecule is CCn1c(=O)n(CC)c2cc(C(=O)C(C)Sc3cc(-c4ccccc4)ncn3)ccc21. The van der Waals surface area contributed by atoms with Crippen LogP contribution in [0, 0.1) is 0 Å². The number of thioether (sulfide) groups is 1. The molecule has 0 bridgehead atoms. The molecule has 0 amide bonds. The van der Waals surface area contributed by atoms with Gasteiger partial charge >= 0.3 is 5.69 Å². The van der Waals surface area contributed by atoms with Gasteiger partial charge in [0.2, 0.25) is 0 Å². The fourth-order valence-corrected chi connectivity index (χ4v) is 4.62. The third kappa shape index (κ3) is 4.05. The summed E-state index contributed by atoms with van der Waals surface area (Å²) >= 11 is 1.41. The molecular weight excluding hydrogens is 408 g/mol. The topological polar surface area (TPSA) is 69.8 Å². The Labute approximate surface area is 185 Å². The molecule has 1 unspecified atom stereocenters. The van der Waals surface area contributed by atoms with Crippen LogP contribution in [0.25, 0.3) is 22.3 Å². The maximum absolute atomic E-state index is 13.2. The van der Waals surface area contributed by atoms with E-state index in [4.69, 9.17) is 0 Å². The van der Waals surface area contributed by atoms with Crippen molar-refractivity contribution in [2.45, 2.75) is 44.1 Å². The molecule has 2 aromatic carbocycles. The smallest absolute Gasteiger partial charge is 0.293 e. The van der Waals surface area contributed by atoms with Crippen molar-refractivity contribution in [3.63, 3.8) is 0 Å². The number of benzene rings is 2. The Hall–Kier alpha value is -3.19. The van der Waals surface area contributed by atoms with Crippen LogP contribution >= 0.6 is 11.8 Å². The molecule has 0 aliphatic rings. The number of nitrogens with zero attached hydrogens (tertiary/aromatic N) is 4. The van der Waals surface area contributed by atoms with E-state index in [1.54, 1.807) is 9.13 Å². The van der Waals surface area contributed by atoms with Gasteiger partial charge < -0.3 is 0 Å². The van der Waals surface area contributed by atoms with Crippen LogP contribution in [-0.2, 0) is 13.1 Å². The van der Waals surface area contributed by atoms with Gasteiger partial charge in [0.1, 0.15) is 11.4 Å². The molecular formula is C24H24N4O2S. The monoisotopic (exact) mass is 432 g/mol. The highest BCUT2D eigenvalue weighted by molar-refractivity contribution is 8.00. The fourth-order valence-electron chi connectivity index (χ4n) is 3.72. The third-order valence-corrected chi connectivity index (χ3v) is 6.35. The summed E-state index contributed by atoms with van der Waals surface area (Å²) in [7, 11) is 0. The van der Waals surface area contributed by atoms with Crippen LogP contribution in [0.15, 0.2) is 70.7 Å². The highest BCUT2D eigenvalue weighted by Gasteiger charge is 2.20. The first kappa shape index (κ1) is 21.1. The molecule has 6 nitrogen and oxygen atoms in total. The van der Waals surface area contributed by atoms with E-state index >= 15 is 0 Å². The minimum absolute atomic E-state index is 0.00567. The summed E-state index contributed by atoms with van der Waals surface area (Å²) in [5.41, 5.74) is 4.04. The number of hydrogen-bond acceptors (Lipinski definition) is 5. The lowest BCUT2D eigenvalue weighted by Crippen LogP contribution is -2.23. The van der Waals surface area contributed by atoms with E-state index in [1.807, 2.05) is 75.4 Å². The summed E-state index contributed by atoms with van der Waals surface area (Å²) in [6.07, 6.45) is 1.53. The molecule has 7 heteroatoms. The summed E-state index contributed by atoms with van der Waals surface area (Å²) in [6, 6.07) is 17.3. The predicted molar refractivity (Wildman–Crippen MR) is 125 cm³/mol. The Balaban J connectivity index is 1.60. The van der Waals surface area contributed by atoms with E-state index in [1.165, 1.54) is 18.1 Å². The van der Waals surface area contributed by atoms with Crippen molar-refractivity contribution in [2.75, 3.05) is 0 Å². The minimum Gasteiger partial charge on any atom is -0.293 e. The summed E-state index contributed by atoms with van der Waals surface area (Å²) < 4.78 is 3.45. The van der Waals surface area contributed by atoms with Crippen LogP contribution in [0.2, 0.25) is 0 Å². The second kappa shape index (κ2) is 8.89. The Kier molecular flexibility index (Phi) is 6.04. The van der Waals surface area contributed by atoms with Gasteiger partial charge in [0.25, 0.3) is 0 Å². The van der Waals surface area contributed by atoms with E-state index in [0.29, 0.717) is 18.7 Å². The van der Waals surface area contributed by atoms with E-state index in [2.05, 4.69) is 9.97 Å². The number of Topliss-reactive ketones (excluding diaryl/α,β-unsaturated/α-hetero) is 1. The van der Waals surface area contributed by atoms with Crippen molar-refractivity contribution in [3.8, 4) is 11.3 Å². The van der Waals surface area contributed by atoms with E-state index < -0.39 is 0 Å². The fraction of sp³-hybridized carbons (Fsp3) is 0.250. The lowest BCUT2D eigenvalue weighted by atomic mass is 10.1. The van der Waals surface area contributed by atoms with Crippen molar-refractivity contribution in [2.24, 2.45) is 0 Å². The van der Waals surface area contributed by atoms with Crippen molar-refractivity contribution in [3.05, 3.63) is 77.0 Å². The molecule has 4 aromatic rings. The molecule has 0 fully saturated rings. The highest BCUT2D eigenvalue weighted by Crippen LogP contribution is 2.27. The van der Waals surface area contributed by atoms with Gasteiger partial charge in [-0.3, -0.25) is 13.9 Å². The Morgan fingerprint density at radius 2 is 1.68 bits per heavy atom. The molecule has 0 saturated carbocycles. The van der Waals surface area contributed by atoms with Crippen LogP contribution in [0.1, 0.15) is 31.1 Å². The van der Waals surface area contributed by atoms with Crippen LogP contribution in [0.4, 0.5) is 0 Å². The number of fused-ring (bicyclic) bond motifs is 1. The molecule has 2 aromatic heterocycles. The lowest BCUT2D eigenvalue weighted by molar-refractivity contribution is 0.0994. The summed E-state index contributed by atoms with van der Waals surface area (Å²) in [4.78, 5) is 34.4. The summed E-state index contributed by atoms with van der Waals surface area (Å²) in [5.74, 6) is 0.00567. The number of aryl methyl sites for hydroxylation is 2. The van der Waals surface area contributed by atoms with Crippen molar-refractivity contribution in [1.82, 2.24) is 19.1 Å². The highest BCUT2D eigenvalue weighted by atomic mass is 32.2. The average Bonchev–Trinajstić information content (AvgIpc) is 3.08. The van der Waals surface area contributed by atoms with Gasteiger partial charge in [-0.1, -0.05) is 42.1 Å². The van der Waals surface area contributed by atoms with Crippen LogP contribution in [-0.4, -0.2) is 30.1 Å². The first-order chi connectivity index (χ1) is 15.0. The van der Waals surface area contributed by atoms with E-state index in [9.17, 15) is 9.59 Å². The van der Waals surface area contributed by atoms with Crippen molar-refractivity contribution >= 4 is 28.6 Å². The molecule has 0 spiro atoms. The molecule has 4 rings (SSSR count). The van der Waals surface area contributed by atoms with Gasteiger partial charge in [-0.05, 0) is 45.0 Å². The van der Waals surface area contributed by atoms with Crippen LogP contribution in [0.3, 0.4) is 0 Å². The zero-order valence-corrected chi connectivity index (χ0v) is 18.6. The molecule has 0 N–H and O–H groups in total. The first-order valence-electron chi connectivity index (χ1n) is 10.3. The standard InChI is InChI=1S/C24H24N4O2S/c1-4-27-20-12-11-18(13-21(20)28(5-2)24(27)30)23(29)16(3)31-22-14-19(25-15-26-22)17-9-7-6-8-10-17/h6-16H,4-5H2,1-3H3. The van der Waals surface area contributed by atoms with Gasteiger partial charge in [-0.2, -0.15) is 0 Å². The number of hydrogen-bond donors (Lipinski definition) is 0. The number of imidazole rings is 1. The van der Waals surface area contributed by atoms with Gasteiger partial charge in [0.05, 0.1) is 22.0 Å². The van der Waals surface area contributed by atoms with Gasteiger partial charge in [-0.15, -0.1) is 0 Å². The third-order valence-electron chi connectivity index (χ3n) is 5.31. The summed E-state index contributed by atoms with van der Waals surface area (Å²) in [6.45, 7) is 6.93. The second-order valence-corrected chi connectivity index (χ2v) is 8.57. The lowest BCUT2D eigenvalue weighted by Gasteiger charge is -2.11. The average molecular weight is 433 g/mol. The molecule has 0 radical (unpaired) electrons. The molecule has 0 aliphatic carbocycles. The van der Waals surface area contributed by atoms with Gasteiger partial charge in [-0.25, -0.2) is 14.8 Å². The first-order valence-corrected chi connectivity index (χ1v) is 11.2. The molecule has 158 valence electrons. The Morgan fingerprint density at radius 1 is 0.968 bits per heavy atom. The van der Waals surface area contributed by atoms with Gasteiger partial charge in [0, 0.05) is 24.2 Å². The number of aromatic nitrogens is 4. The van der Waals surface area contributed by atoms with Gasteiger partial charge in [0.15, 0.2) is 5.78 Å². The predicted octanol–water partition coefficient (Wildman–Crippen LogP) is 4.66. The number of rotatable bonds is 7. The number of ketones is 1. The number of carbonyl (C=O) groups is 1. The maximum atomic E-state index is 13.2. The molecule has 0 saturated heterocycles. The van der Waals surface area contributed by atoms with E-state index in [0.717, 1.165) is 27.3 Å². The Bertz CT molecular complexity index is 1290. The van der Waals surface area contributed by atoms with Crippen LogP contribution in [0.5, 0.6) is 0 Å². The maximum Gasteiger partial charge on any atom is 0.329 e. The largest absolute Gasteiger partial charge is 0.329 e.